The third-order valence-electron chi connectivity index (χ3n) is 3.05. The lowest BCUT2D eigenvalue weighted by Gasteiger charge is -2.08. The molecule has 3 N–H and O–H groups in total. The number of nitrogen functional groups attached to an aromatic ring is 1. The van der Waals surface area contributed by atoms with Crippen LogP contribution in [0.4, 0.5) is 0 Å². The van der Waals surface area contributed by atoms with Crippen molar-refractivity contribution in [2.24, 2.45) is 5.73 Å². The molecule has 19 heavy (non-hydrogen) atoms. The number of para-hydroxylation sites is 1. The van der Waals surface area contributed by atoms with Crippen LogP contribution in [0.3, 0.4) is 0 Å². The maximum Gasteiger partial charge on any atom is 0.123 e. The number of rotatable bonds is 3. The Morgan fingerprint density at radius 2 is 1.84 bits per heavy atom. The first-order valence-corrected chi connectivity index (χ1v) is 5.96. The van der Waals surface area contributed by atoms with Gasteiger partial charge in [-0.3, -0.25) is 5.41 Å². The summed E-state index contributed by atoms with van der Waals surface area (Å²) in [7, 11) is 0. The number of hydrogen-bond acceptors (Lipinski definition) is 3. The summed E-state index contributed by atoms with van der Waals surface area (Å²) in [6.45, 7) is 0.552. The molecular weight excluding hydrogens is 238 g/mol. The van der Waals surface area contributed by atoms with Crippen LogP contribution < -0.4 is 5.73 Å². The van der Waals surface area contributed by atoms with E-state index in [2.05, 4.69) is 10.3 Å². The molecule has 0 unspecified atom stereocenters. The van der Waals surface area contributed by atoms with Crippen LogP contribution in [0, 0.1) is 5.41 Å². The average molecular weight is 251 g/mol. The molecule has 0 amide bonds. The molecule has 0 aliphatic heterocycles. The molecular formula is C14H13N5. The van der Waals surface area contributed by atoms with Crippen molar-refractivity contribution in [3.8, 4) is 0 Å². The molecule has 0 fully saturated rings. The Hall–Kier alpha value is -2.69. The van der Waals surface area contributed by atoms with Crippen molar-refractivity contribution in [2.75, 3.05) is 0 Å². The topological polar surface area (TPSA) is 80.6 Å². The molecule has 0 saturated carbocycles. The maximum atomic E-state index is 7.60. The van der Waals surface area contributed by atoms with Gasteiger partial charge in [-0.05, 0) is 17.7 Å². The van der Waals surface area contributed by atoms with Crippen molar-refractivity contribution in [1.29, 1.82) is 5.41 Å². The standard InChI is InChI=1S/C14H13N5/c15-14(16)11-6-2-1-5-10(11)9-19-13-8-4-3-7-12(13)17-18-19/h1-8H,9H2,(H3,15,16). The summed E-state index contributed by atoms with van der Waals surface area (Å²) in [5, 5.41) is 15.9. The largest absolute Gasteiger partial charge is 0.384 e. The van der Waals surface area contributed by atoms with Gasteiger partial charge >= 0.3 is 0 Å². The highest BCUT2D eigenvalue weighted by molar-refractivity contribution is 5.96. The molecule has 2 aromatic carbocycles. The van der Waals surface area contributed by atoms with Gasteiger partial charge in [0.1, 0.15) is 11.4 Å². The van der Waals surface area contributed by atoms with Gasteiger partial charge < -0.3 is 5.73 Å². The quantitative estimate of drug-likeness (QED) is 0.550. The summed E-state index contributed by atoms with van der Waals surface area (Å²) in [5.41, 5.74) is 9.13. The zero-order chi connectivity index (χ0) is 13.2. The van der Waals surface area contributed by atoms with E-state index >= 15 is 0 Å². The number of fused-ring (bicyclic) bond motifs is 1. The van der Waals surface area contributed by atoms with Crippen LogP contribution in [0.2, 0.25) is 0 Å². The van der Waals surface area contributed by atoms with Crippen molar-refractivity contribution in [3.63, 3.8) is 0 Å². The Morgan fingerprint density at radius 1 is 1.11 bits per heavy atom. The highest BCUT2D eigenvalue weighted by atomic mass is 15.4. The fraction of sp³-hybridized carbons (Fsp3) is 0.0714. The Morgan fingerprint density at radius 3 is 2.68 bits per heavy atom. The van der Waals surface area contributed by atoms with E-state index in [1.54, 1.807) is 0 Å². The Balaban J connectivity index is 2.04. The zero-order valence-electron chi connectivity index (χ0n) is 10.2. The van der Waals surface area contributed by atoms with Gasteiger partial charge in [0.25, 0.3) is 0 Å². The van der Waals surface area contributed by atoms with Crippen LogP contribution in [0.25, 0.3) is 11.0 Å². The molecule has 3 rings (SSSR count). The minimum atomic E-state index is 0.0695. The van der Waals surface area contributed by atoms with Gasteiger partial charge in [-0.1, -0.05) is 41.6 Å². The third kappa shape index (κ3) is 2.06. The van der Waals surface area contributed by atoms with E-state index in [0.29, 0.717) is 6.54 Å². The number of nitrogens with zero attached hydrogens (tertiary/aromatic N) is 3. The molecule has 0 atom stereocenters. The van der Waals surface area contributed by atoms with Crippen molar-refractivity contribution >= 4 is 16.9 Å². The average Bonchev–Trinajstić information content (AvgIpc) is 2.83. The number of benzene rings is 2. The summed E-state index contributed by atoms with van der Waals surface area (Å²) in [5.74, 6) is 0.0695. The smallest absolute Gasteiger partial charge is 0.123 e. The molecule has 5 heteroatoms. The van der Waals surface area contributed by atoms with E-state index in [-0.39, 0.29) is 5.84 Å². The van der Waals surface area contributed by atoms with Gasteiger partial charge in [-0.15, -0.1) is 5.10 Å². The van der Waals surface area contributed by atoms with Crippen LogP contribution in [-0.2, 0) is 6.54 Å². The molecule has 3 aromatic rings. The molecule has 0 bridgehead atoms. The van der Waals surface area contributed by atoms with Crippen LogP contribution in [-0.4, -0.2) is 20.8 Å². The summed E-state index contributed by atoms with van der Waals surface area (Å²) >= 11 is 0. The molecule has 0 aliphatic rings. The molecule has 0 spiro atoms. The van der Waals surface area contributed by atoms with E-state index in [1.807, 2.05) is 53.2 Å². The van der Waals surface area contributed by atoms with E-state index < -0.39 is 0 Å². The Labute approximate surface area is 110 Å². The SMILES string of the molecule is N=C(N)c1ccccc1Cn1nnc2ccccc21. The molecule has 94 valence electrons. The van der Waals surface area contributed by atoms with Crippen LogP contribution >= 0.6 is 0 Å². The van der Waals surface area contributed by atoms with Gasteiger partial charge in [0, 0.05) is 5.56 Å². The minimum Gasteiger partial charge on any atom is -0.384 e. The van der Waals surface area contributed by atoms with E-state index in [4.69, 9.17) is 11.1 Å². The Kier molecular flexibility index (Phi) is 2.72. The van der Waals surface area contributed by atoms with Crippen molar-refractivity contribution in [3.05, 3.63) is 59.7 Å². The zero-order valence-corrected chi connectivity index (χ0v) is 10.2. The normalized spacial score (nSPS) is 10.7. The van der Waals surface area contributed by atoms with E-state index in [1.165, 1.54) is 0 Å². The molecule has 1 heterocycles. The van der Waals surface area contributed by atoms with Gasteiger partial charge in [0.15, 0.2) is 0 Å². The molecule has 0 radical (unpaired) electrons. The minimum absolute atomic E-state index is 0.0695. The second-order valence-corrected chi connectivity index (χ2v) is 4.31. The molecule has 1 aromatic heterocycles. The number of aromatic nitrogens is 3. The number of amidine groups is 1. The summed E-state index contributed by atoms with van der Waals surface area (Å²) in [4.78, 5) is 0. The van der Waals surface area contributed by atoms with E-state index in [9.17, 15) is 0 Å². The van der Waals surface area contributed by atoms with Crippen LogP contribution in [0.15, 0.2) is 48.5 Å². The highest BCUT2D eigenvalue weighted by Gasteiger charge is 2.08. The first-order chi connectivity index (χ1) is 9.25. The summed E-state index contributed by atoms with van der Waals surface area (Å²) < 4.78 is 1.82. The number of nitrogens with one attached hydrogen (secondary N) is 1. The monoisotopic (exact) mass is 251 g/mol. The third-order valence-corrected chi connectivity index (χ3v) is 3.05. The van der Waals surface area contributed by atoms with Crippen molar-refractivity contribution in [1.82, 2.24) is 15.0 Å². The lowest BCUT2D eigenvalue weighted by Crippen LogP contribution is -2.15. The highest BCUT2D eigenvalue weighted by Crippen LogP contribution is 2.14. The lowest BCUT2D eigenvalue weighted by molar-refractivity contribution is 0.669. The maximum absolute atomic E-state index is 7.60. The van der Waals surface area contributed by atoms with Gasteiger partial charge in [0.2, 0.25) is 0 Å². The molecule has 0 saturated heterocycles. The summed E-state index contributed by atoms with van der Waals surface area (Å²) in [6, 6.07) is 15.4. The van der Waals surface area contributed by atoms with Gasteiger partial charge in [-0.2, -0.15) is 0 Å². The lowest BCUT2D eigenvalue weighted by atomic mass is 10.1. The molecule has 5 nitrogen and oxygen atoms in total. The van der Waals surface area contributed by atoms with Gasteiger partial charge in [0.05, 0.1) is 12.1 Å². The first kappa shape index (κ1) is 11.4. The first-order valence-electron chi connectivity index (χ1n) is 5.96. The van der Waals surface area contributed by atoms with Crippen LogP contribution in [0.1, 0.15) is 11.1 Å². The predicted octanol–water partition coefficient (Wildman–Crippen LogP) is 1.76. The summed E-state index contributed by atoms with van der Waals surface area (Å²) in [6.07, 6.45) is 0. The predicted molar refractivity (Wildman–Crippen MR) is 74.1 cm³/mol. The van der Waals surface area contributed by atoms with Crippen LogP contribution in [0.5, 0.6) is 0 Å². The Bertz CT molecular complexity index is 744. The fourth-order valence-electron chi connectivity index (χ4n) is 2.12. The van der Waals surface area contributed by atoms with Gasteiger partial charge in [-0.25, -0.2) is 4.68 Å². The second-order valence-electron chi connectivity index (χ2n) is 4.31. The fourth-order valence-corrected chi connectivity index (χ4v) is 2.12. The van der Waals surface area contributed by atoms with E-state index in [0.717, 1.165) is 22.2 Å². The number of nitrogens with two attached hydrogens (primary N) is 1. The second kappa shape index (κ2) is 4.53. The van der Waals surface area contributed by atoms with Crippen molar-refractivity contribution in [2.45, 2.75) is 6.54 Å². The molecule has 0 aliphatic carbocycles. The van der Waals surface area contributed by atoms with Crippen molar-refractivity contribution < 1.29 is 0 Å². The number of hydrogen-bond donors (Lipinski definition) is 2.